The minimum Gasteiger partial charge on any atom is -0.362 e. The number of hydrogen-bond donors (Lipinski definition) is 2. The zero-order chi connectivity index (χ0) is 17.9. The van der Waals surface area contributed by atoms with E-state index >= 15 is 0 Å². The summed E-state index contributed by atoms with van der Waals surface area (Å²) in [5.41, 5.74) is 1.34. The molecule has 3 fully saturated rings. The Labute approximate surface area is 161 Å². The molecule has 1 saturated carbocycles. The van der Waals surface area contributed by atoms with Gasteiger partial charge in [-0.25, -0.2) is 0 Å². The molecule has 0 aromatic heterocycles. The first-order valence-electron chi connectivity index (χ1n) is 10.1. The second-order valence-electron chi connectivity index (χ2n) is 8.06. The van der Waals surface area contributed by atoms with Crippen molar-refractivity contribution in [3.63, 3.8) is 0 Å². The summed E-state index contributed by atoms with van der Waals surface area (Å²) in [4.78, 5) is 14.6. The molecule has 1 aromatic rings. The number of piperidine rings is 2. The highest BCUT2D eigenvalue weighted by Gasteiger charge is 2.41. The Kier molecular flexibility index (Phi) is 5.44. The average molecular weight is 372 g/mol. The molecule has 5 heteroatoms. The predicted octanol–water partition coefficient (Wildman–Crippen LogP) is 3.02. The molecule has 4 nitrogen and oxygen atoms in total. The highest BCUT2D eigenvalue weighted by atomic mass is 32.1. The van der Waals surface area contributed by atoms with Crippen molar-refractivity contribution in [2.24, 2.45) is 5.92 Å². The fourth-order valence-electron chi connectivity index (χ4n) is 4.55. The molecule has 140 valence electrons. The van der Waals surface area contributed by atoms with E-state index in [-0.39, 0.29) is 5.91 Å². The zero-order valence-electron chi connectivity index (χ0n) is 15.3. The number of nitrogens with one attached hydrogen (secondary N) is 2. The highest BCUT2D eigenvalue weighted by molar-refractivity contribution is 7.80. The molecule has 1 amide bonds. The monoisotopic (exact) mass is 371 g/mol. The first kappa shape index (κ1) is 17.8. The molecular weight excluding hydrogens is 342 g/mol. The number of thiocarbonyl (C=S) groups is 1. The van der Waals surface area contributed by atoms with Gasteiger partial charge in [0.15, 0.2) is 5.11 Å². The van der Waals surface area contributed by atoms with E-state index in [1.54, 1.807) is 0 Å². The predicted molar refractivity (Wildman–Crippen MR) is 108 cm³/mol. The summed E-state index contributed by atoms with van der Waals surface area (Å²) in [6, 6.07) is 11.8. The van der Waals surface area contributed by atoms with Gasteiger partial charge in [-0.1, -0.05) is 30.3 Å². The summed E-state index contributed by atoms with van der Waals surface area (Å²) in [6.07, 6.45) is 8.87. The van der Waals surface area contributed by atoms with Crippen LogP contribution in [0.3, 0.4) is 0 Å². The van der Waals surface area contributed by atoms with E-state index in [1.165, 1.54) is 24.8 Å². The van der Waals surface area contributed by atoms with E-state index in [0.717, 1.165) is 43.8 Å². The van der Waals surface area contributed by atoms with E-state index in [1.807, 2.05) is 0 Å². The van der Waals surface area contributed by atoms with Gasteiger partial charge in [0.25, 0.3) is 0 Å². The first-order valence-corrected chi connectivity index (χ1v) is 10.5. The molecule has 0 radical (unpaired) electrons. The first-order chi connectivity index (χ1) is 12.7. The van der Waals surface area contributed by atoms with Crippen LogP contribution in [0.1, 0.15) is 50.5 Å². The molecule has 4 rings (SSSR count). The van der Waals surface area contributed by atoms with Gasteiger partial charge in [-0.05, 0) is 69.1 Å². The molecule has 2 bridgehead atoms. The SMILES string of the molecule is O=C(NC1C[C@H]2CCC[C@@H](C1)N2C(=S)NCCc1ccccc1)C1CC1. The van der Waals surface area contributed by atoms with E-state index in [4.69, 9.17) is 12.2 Å². The van der Waals surface area contributed by atoms with Gasteiger partial charge in [-0.15, -0.1) is 0 Å². The third-order valence-corrected chi connectivity index (χ3v) is 6.39. The quantitative estimate of drug-likeness (QED) is 0.781. The van der Waals surface area contributed by atoms with Gasteiger partial charge < -0.3 is 15.5 Å². The van der Waals surface area contributed by atoms with Crippen LogP contribution in [0.5, 0.6) is 0 Å². The Bertz CT molecular complexity index is 632. The number of benzene rings is 1. The summed E-state index contributed by atoms with van der Waals surface area (Å²) in [6.45, 7) is 0.876. The largest absolute Gasteiger partial charge is 0.362 e. The topological polar surface area (TPSA) is 44.4 Å². The summed E-state index contributed by atoms with van der Waals surface area (Å²) >= 11 is 5.75. The van der Waals surface area contributed by atoms with E-state index < -0.39 is 0 Å². The van der Waals surface area contributed by atoms with Crippen molar-refractivity contribution in [1.29, 1.82) is 0 Å². The maximum Gasteiger partial charge on any atom is 0.223 e. The van der Waals surface area contributed by atoms with Crippen molar-refractivity contribution in [3.8, 4) is 0 Å². The summed E-state index contributed by atoms with van der Waals surface area (Å²) in [5, 5.41) is 7.69. The Hall–Kier alpha value is -1.62. The van der Waals surface area contributed by atoms with Crippen LogP contribution in [-0.2, 0) is 11.2 Å². The van der Waals surface area contributed by atoms with Crippen molar-refractivity contribution in [3.05, 3.63) is 35.9 Å². The van der Waals surface area contributed by atoms with Gasteiger partial charge in [0, 0.05) is 30.6 Å². The van der Waals surface area contributed by atoms with Gasteiger partial charge in [-0.2, -0.15) is 0 Å². The molecular formula is C21H29N3OS. The summed E-state index contributed by atoms with van der Waals surface area (Å²) in [5.74, 6) is 0.582. The number of rotatable bonds is 5. The number of amides is 1. The minimum atomic E-state index is 0.282. The van der Waals surface area contributed by atoms with Crippen LogP contribution in [0.25, 0.3) is 0 Å². The van der Waals surface area contributed by atoms with Crippen LogP contribution in [0.4, 0.5) is 0 Å². The molecule has 2 N–H and O–H groups in total. The third-order valence-electron chi connectivity index (χ3n) is 6.04. The smallest absolute Gasteiger partial charge is 0.223 e. The maximum absolute atomic E-state index is 12.1. The normalized spacial score (nSPS) is 27.7. The summed E-state index contributed by atoms with van der Waals surface area (Å²) < 4.78 is 0. The number of nitrogens with zero attached hydrogens (tertiary/aromatic N) is 1. The van der Waals surface area contributed by atoms with Crippen LogP contribution in [0.2, 0.25) is 0 Å². The lowest BCUT2D eigenvalue weighted by atomic mass is 9.82. The maximum atomic E-state index is 12.1. The lowest BCUT2D eigenvalue weighted by Gasteiger charge is -2.50. The third kappa shape index (κ3) is 4.20. The van der Waals surface area contributed by atoms with Gasteiger partial charge >= 0.3 is 0 Å². The molecule has 3 aliphatic rings. The fraction of sp³-hybridized carbons (Fsp3) is 0.619. The van der Waals surface area contributed by atoms with Crippen LogP contribution in [0, 0.1) is 5.92 Å². The van der Waals surface area contributed by atoms with Crippen molar-refractivity contribution < 1.29 is 4.79 Å². The Morgan fingerprint density at radius 1 is 1.08 bits per heavy atom. The second kappa shape index (κ2) is 7.95. The van der Waals surface area contributed by atoms with Crippen molar-refractivity contribution in [2.75, 3.05) is 6.54 Å². The summed E-state index contributed by atoms with van der Waals surface area (Å²) in [7, 11) is 0. The van der Waals surface area contributed by atoms with Crippen LogP contribution < -0.4 is 10.6 Å². The van der Waals surface area contributed by atoms with E-state index in [2.05, 4.69) is 45.9 Å². The molecule has 1 aromatic carbocycles. The fourth-order valence-corrected chi connectivity index (χ4v) is 4.95. The number of carbonyl (C=O) groups excluding carboxylic acids is 1. The Morgan fingerprint density at radius 2 is 1.77 bits per heavy atom. The van der Waals surface area contributed by atoms with Crippen LogP contribution in [0.15, 0.2) is 30.3 Å². The molecule has 2 heterocycles. The lowest BCUT2D eigenvalue weighted by Crippen LogP contribution is -2.61. The molecule has 2 saturated heterocycles. The standard InChI is InChI=1S/C21H29N3OS/c25-20(16-9-10-16)23-17-13-18-7-4-8-19(14-17)24(18)21(26)22-12-11-15-5-2-1-3-6-15/h1-3,5-6,16-19H,4,7-14H2,(H,22,26)(H,23,25)/t17?,18-,19+. The number of carbonyl (C=O) groups is 1. The second-order valence-corrected chi connectivity index (χ2v) is 8.45. The minimum absolute atomic E-state index is 0.282. The van der Waals surface area contributed by atoms with Gasteiger partial charge in [-0.3, -0.25) is 4.79 Å². The Morgan fingerprint density at radius 3 is 2.42 bits per heavy atom. The molecule has 1 unspecified atom stereocenters. The van der Waals surface area contributed by atoms with Crippen LogP contribution >= 0.6 is 12.2 Å². The zero-order valence-corrected chi connectivity index (χ0v) is 16.1. The number of fused-ring (bicyclic) bond motifs is 2. The lowest BCUT2D eigenvalue weighted by molar-refractivity contribution is -0.123. The van der Waals surface area contributed by atoms with Crippen molar-refractivity contribution >= 4 is 23.2 Å². The van der Waals surface area contributed by atoms with E-state index in [9.17, 15) is 4.79 Å². The highest BCUT2D eigenvalue weighted by Crippen LogP contribution is 2.35. The van der Waals surface area contributed by atoms with Gasteiger partial charge in [0.2, 0.25) is 5.91 Å². The van der Waals surface area contributed by atoms with Crippen molar-refractivity contribution in [1.82, 2.24) is 15.5 Å². The molecule has 26 heavy (non-hydrogen) atoms. The Balaban J connectivity index is 1.30. The van der Waals surface area contributed by atoms with Gasteiger partial charge in [0.05, 0.1) is 0 Å². The molecule has 2 aliphatic heterocycles. The van der Waals surface area contributed by atoms with Crippen molar-refractivity contribution in [2.45, 2.75) is 69.5 Å². The molecule has 3 atom stereocenters. The van der Waals surface area contributed by atoms with E-state index in [0.29, 0.717) is 24.0 Å². The molecule has 1 aliphatic carbocycles. The van der Waals surface area contributed by atoms with Crippen LogP contribution in [-0.4, -0.2) is 40.6 Å². The number of hydrogen-bond acceptors (Lipinski definition) is 2. The molecule has 0 spiro atoms. The average Bonchev–Trinajstić information content (AvgIpc) is 3.47. The van der Waals surface area contributed by atoms with Gasteiger partial charge in [0.1, 0.15) is 0 Å².